The number of esters is 1. The molecule has 57 heavy (non-hydrogen) atoms. The van der Waals surface area contributed by atoms with Crippen LogP contribution in [0, 0.1) is 6.92 Å². The van der Waals surface area contributed by atoms with Gasteiger partial charge in [-0.15, -0.1) is 24.8 Å². The molecular weight excluding hydrogens is 835 g/mol. The monoisotopic (exact) mass is 880 g/mol. The Morgan fingerprint density at radius 3 is 2.07 bits per heavy atom. The second-order valence-electron chi connectivity index (χ2n) is 12.4. The molecule has 1 atom stereocenters. The van der Waals surface area contributed by atoms with Crippen LogP contribution in [-0.4, -0.2) is 81.5 Å². The van der Waals surface area contributed by atoms with Crippen molar-refractivity contribution in [2.45, 2.75) is 64.2 Å². The number of amides is 2. The van der Waals surface area contributed by atoms with E-state index in [1.54, 1.807) is 38.0 Å². The highest BCUT2D eigenvalue weighted by Crippen LogP contribution is 2.29. The number of benzene rings is 2. The van der Waals surface area contributed by atoms with E-state index < -0.39 is 40.0 Å². The number of aryl methyl sites for hydroxylation is 2. The average molecular weight is 883 g/mol. The minimum atomic E-state index is -4.86. The molecule has 314 valence electrons. The Kier molecular flexibility index (Phi) is 21.4. The highest BCUT2D eigenvalue weighted by Gasteiger charge is 2.35. The number of anilines is 1. The molecular formula is C39H47Cl4F3N4O7. The smallest absolute Gasteiger partial charge is 0.431 e. The van der Waals surface area contributed by atoms with Gasteiger partial charge >= 0.3 is 17.8 Å². The third kappa shape index (κ3) is 14.7. The molecule has 2 amide bonds. The van der Waals surface area contributed by atoms with Crippen LogP contribution in [0.1, 0.15) is 54.9 Å². The third-order valence-electron chi connectivity index (χ3n) is 7.75. The van der Waals surface area contributed by atoms with Gasteiger partial charge in [0.05, 0.1) is 40.7 Å². The summed E-state index contributed by atoms with van der Waals surface area (Å²) in [6.07, 6.45) is -1.21. The molecule has 11 nitrogen and oxygen atoms in total. The summed E-state index contributed by atoms with van der Waals surface area (Å²) in [5.41, 5.74) is -0.794. The van der Waals surface area contributed by atoms with Gasteiger partial charge in [0, 0.05) is 33.3 Å². The van der Waals surface area contributed by atoms with Gasteiger partial charge in [-0.25, -0.2) is 14.2 Å². The van der Waals surface area contributed by atoms with Crippen LogP contribution in [0.25, 0.3) is 5.69 Å². The van der Waals surface area contributed by atoms with E-state index in [2.05, 4.69) is 26.1 Å². The van der Waals surface area contributed by atoms with Crippen molar-refractivity contribution >= 4 is 69.9 Å². The molecule has 0 aliphatic carbocycles. The Morgan fingerprint density at radius 1 is 1.00 bits per heavy atom. The Balaban J connectivity index is 0.000000460. The van der Waals surface area contributed by atoms with E-state index in [1.807, 2.05) is 26.0 Å². The first-order valence-corrected chi connectivity index (χ1v) is 19.1. The largest absolute Gasteiger partial charge is 0.459 e. The summed E-state index contributed by atoms with van der Waals surface area (Å²) in [5.74, 6) is -1.22. The molecule has 0 N–H and O–H groups in total. The van der Waals surface area contributed by atoms with E-state index in [0.29, 0.717) is 34.9 Å². The predicted octanol–water partition coefficient (Wildman–Crippen LogP) is 7.93. The molecule has 0 saturated heterocycles. The van der Waals surface area contributed by atoms with Gasteiger partial charge in [0.1, 0.15) is 11.6 Å². The molecule has 0 radical (unpaired) electrons. The SMILES string of the molecule is C=CCN(CC=C)C(=O)C(Cl)Cl.CC(C)OC(=O)c1cc(-n2c(=O)cc(C(F)(F)F)n(C)c2=O)ccc1Cl.CCc1cccc(C)c1N(C(=O)CCl)C(C)COC. The van der Waals surface area contributed by atoms with Crippen molar-refractivity contribution in [3.05, 3.63) is 116 Å². The molecule has 18 heteroatoms. The van der Waals surface area contributed by atoms with Crippen LogP contribution in [0.4, 0.5) is 18.9 Å². The number of aromatic nitrogens is 2. The van der Waals surface area contributed by atoms with Gasteiger partial charge in [-0.1, -0.05) is 72.1 Å². The first-order chi connectivity index (χ1) is 26.6. The van der Waals surface area contributed by atoms with Gasteiger partial charge in [-0.3, -0.25) is 19.0 Å². The number of carbonyl (C=O) groups is 3. The normalized spacial score (nSPS) is 11.4. The van der Waals surface area contributed by atoms with Gasteiger partial charge in [0.15, 0.2) is 4.84 Å². The van der Waals surface area contributed by atoms with E-state index in [4.69, 9.17) is 55.9 Å². The van der Waals surface area contributed by atoms with Crippen molar-refractivity contribution in [1.82, 2.24) is 14.0 Å². The van der Waals surface area contributed by atoms with E-state index >= 15 is 0 Å². The number of rotatable bonds is 14. The standard InChI is InChI=1S/C16H14ClF3N2O4.C15H22ClNO2.C8H11Cl2NO/c1-8(2)26-14(24)10-6-9(4-5-11(10)17)22-13(23)7-12(16(18,19)20)21(3)15(22)25;1-5-13-8-6-7-11(2)15(13)17(14(18)9-16)12(3)10-19-4;1-3-5-11(6-4-2)8(12)7(9)10/h4-8H,1-3H3;6-8,12H,5,9-10H2,1-4H3;3-4,7H,1-2,5-6H2. The van der Waals surface area contributed by atoms with Crippen LogP contribution in [0.2, 0.25) is 5.02 Å². The number of hydrogen-bond donors (Lipinski definition) is 0. The maximum Gasteiger partial charge on any atom is 0.431 e. The van der Waals surface area contributed by atoms with Crippen LogP contribution < -0.4 is 16.1 Å². The fourth-order valence-corrected chi connectivity index (χ4v) is 5.85. The Labute approximate surface area is 350 Å². The number of para-hydroxylation sites is 1. The van der Waals surface area contributed by atoms with Crippen LogP contribution in [0.15, 0.2) is 77.4 Å². The van der Waals surface area contributed by atoms with E-state index in [1.165, 1.54) is 17.0 Å². The average Bonchev–Trinajstić information content (AvgIpc) is 3.13. The molecule has 1 heterocycles. The second kappa shape index (κ2) is 24.0. The summed E-state index contributed by atoms with van der Waals surface area (Å²) in [4.78, 5) is 62.0. The zero-order valence-electron chi connectivity index (χ0n) is 32.7. The van der Waals surface area contributed by atoms with Crippen molar-refractivity contribution in [1.29, 1.82) is 0 Å². The number of ether oxygens (including phenoxy) is 2. The first kappa shape index (κ1) is 50.9. The van der Waals surface area contributed by atoms with Gasteiger partial charge in [0.2, 0.25) is 5.91 Å². The van der Waals surface area contributed by atoms with E-state index in [0.717, 1.165) is 36.3 Å². The minimum absolute atomic E-state index is 0.0104. The molecule has 0 aliphatic rings. The van der Waals surface area contributed by atoms with Crippen molar-refractivity contribution < 1.29 is 37.0 Å². The second-order valence-corrected chi connectivity index (χ2v) is 14.2. The molecule has 3 aromatic rings. The van der Waals surface area contributed by atoms with E-state index in [-0.39, 0.29) is 40.0 Å². The topological polar surface area (TPSA) is 120 Å². The Morgan fingerprint density at radius 2 is 1.60 bits per heavy atom. The van der Waals surface area contributed by atoms with Crippen molar-refractivity contribution in [3.63, 3.8) is 0 Å². The first-order valence-electron chi connectivity index (χ1n) is 17.3. The quantitative estimate of drug-likeness (QED) is 0.0917. The molecule has 3 rings (SSSR count). The molecule has 1 aromatic heterocycles. The highest BCUT2D eigenvalue weighted by atomic mass is 35.5. The van der Waals surface area contributed by atoms with Crippen LogP contribution in [-0.2, 0) is 38.7 Å². The number of carbonyl (C=O) groups excluding carboxylic acids is 3. The Bertz CT molecular complexity index is 1970. The lowest BCUT2D eigenvalue weighted by Crippen LogP contribution is -2.43. The third-order valence-corrected chi connectivity index (χ3v) is 8.69. The highest BCUT2D eigenvalue weighted by molar-refractivity contribution is 6.53. The van der Waals surface area contributed by atoms with Crippen molar-refractivity contribution in [2.24, 2.45) is 7.05 Å². The number of hydrogen-bond acceptors (Lipinski definition) is 7. The van der Waals surface area contributed by atoms with Crippen LogP contribution in [0.5, 0.6) is 0 Å². The van der Waals surface area contributed by atoms with Gasteiger partial charge in [0.25, 0.3) is 11.5 Å². The number of nitrogens with zero attached hydrogens (tertiary/aromatic N) is 4. The molecule has 0 spiro atoms. The number of methoxy groups -OCH3 is 1. The summed E-state index contributed by atoms with van der Waals surface area (Å²) >= 11 is 22.5. The van der Waals surface area contributed by atoms with Crippen LogP contribution in [0.3, 0.4) is 0 Å². The molecule has 0 bridgehead atoms. The van der Waals surface area contributed by atoms with Gasteiger partial charge in [-0.05, 0) is 63.4 Å². The summed E-state index contributed by atoms with van der Waals surface area (Å²) < 4.78 is 49.7. The fraction of sp³-hybridized carbons (Fsp3) is 0.410. The van der Waals surface area contributed by atoms with Gasteiger partial charge < -0.3 is 19.3 Å². The van der Waals surface area contributed by atoms with Crippen molar-refractivity contribution in [3.8, 4) is 5.69 Å². The lowest BCUT2D eigenvalue weighted by atomic mass is 10.0. The minimum Gasteiger partial charge on any atom is -0.459 e. The predicted molar refractivity (Wildman–Crippen MR) is 220 cm³/mol. The van der Waals surface area contributed by atoms with Gasteiger partial charge in [-0.2, -0.15) is 13.2 Å². The fourth-order valence-electron chi connectivity index (χ4n) is 5.25. The van der Waals surface area contributed by atoms with Crippen molar-refractivity contribution in [2.75, 3.05) is 37.6 Å². The number of halogens is 7. The zero-order valence-corrected chi connectivity index (χ0v) is 35.7. The molecule has 1 unspecified atom stereocenters. The molecule has 2 aromatic carbocycles. The van der Waals surface area contributed by atoms with Crippen LogP contribution >= 0.6 is 46.4 Å². The summed E-state index contributed by atoms with van der Waals surface area (Å²) in [5, 5.41) is 0.0104. The van der Waals surface area contributed by atoms with E-state index in [9.17, 15) is 37.1 Å². The zero-order chi connectivity index (χ0) is 43.8. The maximum absolute atomic E-state index is 12.9. The molecule has 0 saturated carbocycles. The lowest BCUT2D eigenvalue weighted by Gasteiger charge is -2.31. The molecule has 0 fully saturated rings. The number of alkyl halides is 6. The molecule has 0 aliphatic heterocycles. The summed E-state index contributed by atoms with van der Waals surface area (Å²) in [7, 11) is 2.53. The summed E-state index contributed by atoms with van der Waals surface area (Å²) in [6, 6.07) is 9.95. The Hall–Kier alpha value is -4.08. The summed E-state index contributed by atoms with van der Waals surface area (Å²) in [6.45, 7) is 17.7. The lowest BCUT2D eigenvalue weighted by molar-refractivity contribution is -0.144. The maximum atomic E-state index is 12.9.